The van der Waals surface area contributed by atoms with E-state index < -0.39 is 6.09 Å². The lowest BCUT2D eigenvalue weighted by Crippen LogP contribution is -2.16. The number of hydrogen-bond donors (Lipinski definition) is 1. The molecule has 0 bridgehead atoms. The molecule has 0 aliphatic carbocycles. The fourth-order valence-electron chi connectivity index (χ4n) is 2.15. The van der Waals surface area contributed by atoms with E-state index in [4.69, 9.17) is 10.5 Å². The average molecular weight is 545 g/mol. The number of nitrogen functional groups attached to an aromatic ring is 1. The molecule has 0 unspecified atom stereocenters. The number of ether oxygens (including phenoxy) is 1. The van der Waals surface area contributed by atoms with Gasteiger partial charge in [0.05, 0.1) is 0 Å². The summed E-state index contributed by atoms with van der Waals surface area (Å²) in [5, 5.41) is 0. The highest BCUT2D eigenvalue weighted by Crippen LogP contribution is 2.26. The van der Waals surface area contributed by atoms with Gasteiger partial charge in [0.1, 0.15) is 14.0 Å². The molecule has 1 heterocycles. The van der Waals surface area contributed by atoms with Gasteiger partial charge < -0.3 is 10.5 Å². The predicted octanol–water partition coefficient (Wildman–Crippen LogP) is 4.53. The molecule has 0 amide bonds. The quantitative estimate of drug-likeness (QED) is 0.388. The van der Waals surface area contributed by atoms with E-state index in [9.17, 15) is 4.79 Å². The van der Waals surface area contributed by atoms with E-state index in [0.29, 0.717) is 11.5 Å². The Bertz CT molecular complexity index is 862. The first-order valence-electron chi connectivity index (χ1n) is 7.07. The van der Waals surface area contributed by atoms with Crippen LogP contribution in [0.1, 0.15) is 5.56 Å². The minimum atomic E-state index is -0.453. The second-order valence-corrected chi connectivity index (χ2v) is 7.06. The predicted molar refractivity (Wildman–Crippen MR) is 110 cm³/mol. The summed E-state index contributed by atoms with van der Waals surface area (Å²) < 4.78 is 8.40. The normalized spacial score (nSPS) is 10.6. The van der Waals surface area contributed by atoms with Crippen LogP contribution in [0.4, 0.5) is 10.5 Å². The molecular weight excluding hydrogens is 532 g/mol. The third-order valence-corrected chi connectivity index (χ3v) is 6.12. The minimum Gasteiger partial charge on any atom is -0.444 e. The maximum absolute atomic E-state index is 12.6. The van der Waals surface area contributed by atoms with Gasteiger partial charge in [0.2, 0.25) is 0 Å². The van der Waals surface area contributed by atoms with Crippen LogP contribution in [0, 0.1) is 7.40 Å². The van der Waals surface area contributed by atoms with Gasteiger partial charge in [-0.25, -0.2) is 14.3 Å². The Kier molecular flexibility index (Phi) is 5.39. The van der Waals surface area contributed by atoms with Crippen LogP contribution < -0.4 is 5.73 Å². The second-order valence-electron chi connectivity index (χ2n) is 5.01. The summed E-state index contributed by atoms with van der Waals surface area (Å²) in [7, 11) is 0. The van der Waals surface area contributed by atoms with Crippen molar-refractivity contribution in [2.45, 2.75) is 6.61 Å². The SMILES string of the molecule is Nc1ccc(-c2nc(I)c(I)n2C(=O)OCc2ccccc2)cc1. The molecule has 5 nitrogen and oxygen atoms in total. The van der Waals surface area contributed by atoms with Crippen LogP contribution in [-0.4, -0.2) is 15.6 Å². The van der Waals surface area contributed by atoms with E-state index in [1.165, 1.54) is 4.57 Å². The molecule has 0 fully saturated rings. The van der Waals surface area contributed by atoms with Crippen molar-refractivity contribution in [3.05, 3.63) is 67.6 Å². The van der Waals surface area contributed by atoms with Gasteiger partial charge in [0, 0.05) is 11.3 Å². The Morgan fingerprint density at radius 3 is 2.42 bits per heavy atom. The molecule has 7 heteroatoms. The monoisotopic (exact) mass is 545 g/mol. The van der Waals surface area contributed by atoms with Crippen LogP contribution in [0.3, 0.4) is 0 Å². The number of aromatic nitrogens is 2. The zero-order chi connectivity index (χ0) is 17.1. The lowest BCUT2D eigenvalue weighted by atomic mass is 10.2. The first-order chi connectivity index (χ1) is 11.6. The smallest absolute Gasteiger partial charge is 0.420 e. The number of nitrogens with two attached hydrogens (primary N) is 1. The summed E-state index contributed by atoms with van der Waals surface area (Å²) in [6.07, 6.45) is -0.453. The van der Waals surface area contributed by atoms with Gasteiger partial charge in [-0.15, -0.1) is 0 Å². The molecular formula is C17H13I2N3O2. The number of halogens is 2. The molecule has 3 rings (SSSR count). The van der Waals surface area contributed by atoms with Crippen molar-refractivity contribution in [2.75, 3.05) is 5.73 Å². The molecule has 0 saturated heterocycles. The maximum atomic E-state index is 12.6. The largest absolute Gasteiger partial charge is 0.444 e. The zero-order valence-electron chi connectivity index (χ0n) is 12.4. The molecule has 0 spiro atoms. The van der Waals surface area contributed by atoms with E-state index in [-0.39, 0.29) is 6.61 Å². The first-order valence-corrected chi connectivity index (χ1v) is 9.22. The molecule has 0 aliphatic rings. The Labute approximate surface area is 166 Å². The maximum Gasteiger partial charge on any atom is 0.420 e. The third kappa shape index (κ3) is 3.72. The van der Waals surface area contributed by atoms with Gasteiger partial charge in [-0.2, -0.15) is 0 Å². The highest BCUT2D eigenvalue weighted by atomic mass is 127. The summed E-state index contributed by atoms with van der Waals surface area (Å²) in [4.78, 5) is 17.1. The topological polar surface area (TPSA) is 70.1 Å². The first kappa shape index (κ1) is 17.2. The second kappa shape index (κ2) is 7.51. The van der Waals surface area contributed by atoms with Crippen molar-refractivity contribution in [3.63, 3.8) is 0 Å². The van der Waals surface area contributed by atoms with Gasteiger partial charge in [-0.1, -0.05) is 30.3 Å². The molecule has 0 atom stereocenters. The molecule has 0 saturated carbocycles. The van der Waals surface area contributed by atoms with Gasteiger partial charge in [0.15, 0.2) is 5.82 Å². The molecule has 3 aromatic rings. The summed E-state index contributed by atoms with van der Waals surface area (Å²) in [6.45, 7) is 0.214. The average Bonchev–Trinajstić information content (AvgIpc) is 2.89. The van der Waals surface area contributed by atoms with Crippen LogP contribution in [0.5, 0.6) is 0 Å². The highest BCUT2D eigenvalue weighted by Gasteiger charge is 2.21. The molecule has 2 N–H and O–H groups in total. The lowest BCUT2D eigenvalue weighted by molar-refractivity contribution is 0.141. The van der Waals surface area contributed by atoms with E-state index in [1.807, 2.05) is 42.5 Å². The lowest BCUT2D eigenvalue weighted by Gasteiger charge is -2.09. The van der Waals surface area contributed by atoms with Crippen molar-refractivity contribution >= 4 is 57.0 Å². The number of carbonyl (C=O) groups is 1. The minimum absolute atomic E-state index is 0.214. The molecule has 0 radical (unpaired) electrons. The standard InChI is InChI=1S/C17H13I2N3O2/c18-14-15(19)22(16(21-14)12-6-8-13(20)9-7-12)17(23)24-10-11-4-2-1-3-5-11/h1-9H,10,20H2. The molecule has 122 valence electrons. The van der Waals surface area contributed by atoms with Crippen LogP contribution in [0.2, 0.25) is 0 Å². The number of benzene rings is 2. The number of rotatable bonds is 3. The fourth-order valence-corrected chi connectivity index (χ4v) is 3.17. The number of anilines is 1. The van der Waals surface area contributed by atoms with Crippen LogP contribution in [0.15, 0.2) is 54.6 Å². The van der Waals surface area contributed by atoms with Gasteiger partial charge in [-0.05, 0) is 75.0 Å². The van der Waals surface area contributed by atoms with Crippen molar-refractivity contribution in [1.82, 2.24) is 9.55 Å². The van der Waals surface area contributed by atoms with Crippen LogP contribution >= 0.6 is 45.2 Å². The van der Waals surface area contributed by atoms with Crippen molar-refractivity contribution in [1.29, 1.82) is 0 Å². The Hall–Kier alpha value is -1.62. The number of imidazole rings is 1. The third-order valence-electron chi connectivity index (χ3n) is 3.34. The number of hydrogen-bond acceptors (Lipinski definition) is 4. The summed E-state index contributed by atoms with van der Waals surface area (Å²) in [5.74, 6) is 0.543. The zero-order valence-corrected chi connectivity index (χ0v) is 16.8. The van der Waals surface area contributed by atoms with E-state index >= 15 is 0 Å². The molecule has 0 aliphatic heterocycles. The van der Waals surface area contributed by atoms with E-state index in [0.717, 1.165) is 18.5 Å². The van der Waals surface area contributed by atoms with E-state index in [1.54, 1.807) is 12.1 Å². The fraction of sp³-hybridized carbons (Fsp3) is 0.0588. The Morgan fingerprint density at radius 1 is 1.08 bits per heavy atom. The van der Waals surface area contributed by atoms with Gasteiger partial charge >= 0.3 is 6.09 Å². The van der Waals surface area contributed by atoms with Crippen LogP contribution in [-0.2, 0) is 11.3 Å². The number of nitrogens with zero attached hydrogens (tertiary/aromatic N) is 2. The molecule has 1 aromatic heterocycles. The van der Waals surface area contributed by atoms with Gasteiger partial charge in [0.25, 0.3) is 0 Å². The number of carbonyl (C=O) groups excluding carboxylic acids is 1. The molecule has 2 aromatic carbocycles. The summed E-state index contributed by atoms with van der Waals surface area (Å²) >= 11 is 4.20. The highest BCUT2D eigenvalue weighted by molar-refractivity contribution is 14.1. The Morgan fingerprint density at radius 2 is 1.75 bits per heavy atom. The van der Waals surface area contributed by atoms with Crippen molar-refractivity contribution in [2.24, 2.45) is 0 Å². The van der Waals surface area contributed by atoms with Gasteiger partial charge in [-0.3, -0.25) is 0 Å². The Balaban J connectivity index is 1.89. The summed E-state index contributed by atoms with van der Waals surface area (Å²) in [6, 6.07) is 16.8. The molecule has 24 heavy (non-hydrogen) atoms. The summed E-state index contributed by atoms with van der Waals surface area (Å²) in [5.41, 5.74) is 8.13. The van der Waals surface area contributed by atoms with Crippen LogP contribution in [0.25, 0.3) is 11.4 Å². The van der Waals surface area contributed by atoms with E-state index in [2.05, 4.69) is 50.2 Å². The van der Waals surface area contributed by atoms with Crippen molar-refractivity contribution < 1.29 is 9.53 Å². The van der Waals surface area contributed by atoms with Crippen molar-refractivity contribution in [3.8, 4) is 11.4 Å².